The summed E-state index contributed by atoms with van der Waals surface area (Å²) in [6.45, 7) is 5.91. The minimum absolute atomic E-state index is 0.212. The number of fused-ring (bicyclic) bond motifs is 1. The lowest BCUT2D eigenvalue weighted by atomic mass is 10.1. The lowest BCUT2D eigenvalue weighted by molar-refractivity contribution is 0.0940. The molecular formula is C18H22N2O4. The molecule has 24 heavy (non-hydrogen) atoms. The summed E-state index contributed by atoms with van der Waals surface area (Å²) in [4.78, 5) is 24.7. The molecule has 0 spiro atoms. The molecule has 2 aromatic carbocycles. The second-order valence-corrected chi connectivity index (χ2v) is 4.96. The Labute approximate surface area is 141 Å². The Balaban J connectivity index is 2.46. The summed E-state index contributed by atoms with van der Waals surface area (Å²) >= 11 is 0. The van der Waals surface area contributed by atoms with Gasteiger partial charge in [-0.1, -0.05) is 30.3 Å². The monoisotopic (exact) mass is 330 g/mol. The molecule has 2 rings (SSSR count). The average molecular weight is 330 g/mol. The Morgan fingerprint density at radius 3 is 2.12 bits per heavy atom. The van der Waals surface area contributed by atoms with Crippen LogP contribution in [0.4, 0.5) is 15.3 Å². The lowest BCUT2D eigenvalue weighted by Gasteiger charge is -2.32. The molecule has 0 saturated heterocycles. The molecule has 0 aliphatic rings. The van der Waals surface area contributed by atoms with Crippen molar-refractivity contribution in [1.29, 1.82) is 0 Å². The molecule has 128 valence electrons. The summed E-state index contributed by atoms with van der Waals surface area (Å²) in [5.74, 6) is 0. The molecular weight excluding hydrogens is 308 g/mol. The fraction of sp³-hybridized carbons (Fsp3) is 0.333. The molecule has 0 unspecified atom stereocenters. The third kappa shape index (κ3) is 3.76. The fourth-order valence-electron chi connectivity index (χ4n) is 2.39. The molecule has 0 N–H and O–H groups in total. The van der Waals surface area contributed by atoms with Crippen LogP contribution in [-0.2, 0) is 9.47 Å². The van der Waals surface area contributed by atoms with Crippen molar-refractivity contribution in [2.75, 3.05) is 24.8 Å². The van der Waals surface area contributed by atoms with Crippen molar-refractivity contribution in [2.24, 2.45) is 0 Å². The molecule has 0 saturated carbocycles. The molecule has 0 aliphatic carbocycles. The Morgan fingerprint density at radius 2 is 1.50 bits per heavy atom. The maximum Gasteiger partial charge on any atom is 0.433 e. The van der Waals surface area contributed by atoms with E-state index in [2.05, 4.69) is 0 Å². The SMILES string of the molecule is CCOC(=O)N(CC)N(C(=O)OCC)c1ccc2ccccc2c1. The summed E-state index contributed by atoms with van der Waals surface area (Å²) < 4.78 is 10.2. The standard InChI is InChI=1S/C18H22N2O4/c1-4-19(17(21)23-5-2)20(18(22)24-6-3)16-12-11-14-9-7-8-10-15(14)13-16/h7-13H,4-6H2,1-3H3. The van der Waals surface area contributed by atoms with Crippen LogP contribution in [0.1, 0.15) is 20.8 Å². The highest BCUT2D eigenvalue weighted by molar-refractivity contribution is 5.94. The van der Waals surface area contributed by atoms with Crippen LogP contribution in [0.2, 0.25) is 0 Å². The number of benzene rings is 2. The van der Waals surface area contributed by atoms with Crippen molar-refractivity contribution in [1.82, 2.24) is 5.01 Å². The van der Waals surface area contributed by atoms with Gasteiger partial charge in [0.25, 0.3) is 0 Å². The van der Waals surface area contributed by atoms with E-state index in [0.717, 1.165) is 10.8 Å². The molecule has 0 radical (unpaired) electrons. The third-order valence-electron chi connectivity index (χ3n) is 3.44. The fourth-order valence-corrected chi connectivity index (χ4v) is 2.39. The van der Waals surface area contributed by atoms with Gasteiger partial charge in [-0.2, -0.15) is 5.01 Å². The number of carbonyl (C=O) groups excluding carboxylic acids is 2. The minimum Gasteiger partial charge on any atom is -0.448 e. The minimum atomic E-state index is -0.623. The zero-order valence-electron chi connectivity index (χ0n) is 14.2. The maximum atomic E-state index is 12.4. The number of anilines is 1. The van der Waals surface area contributed by atoms with Crippen LogP contribution in [0.15, 0.2) is 42.5 Å². The molecule has 0 fully saturated rings. The normalized spacial score (nSPS) is 10.3. The van der Waals surface area contributed by atoms with E-state index >= 15 is 0 Å². The molecule has 0 aromatic heterocycles. The van der Waals surface area contributed by atoms with Crippen LogP contribution >= 0.6 is 0 Å². The van der Waals surface area contributed by atoms with Crippen molar-refractivity contribution in [3.05, 3.63) is 42.5 Å². The molecule has 0 heterocycles. The maximum absolute atomic E-state index is 12.4. The molecule has 0 atom stereocenters. The van der Waals surface area contributed by atoms with Gasteiger partial charge in [0.1, 0.15) is 0 Å². The van der Waals surface area contributed by atoms with Gasteiger partial charge in [0.15, 0.2) is 0 Å². The van der Waals surface area contributed by atoms with Gasteiger partial charge >= 0.3 is 12.2 Å². The first-order valence-corrected chi connectivity index (χ1v) is 8.02. The quantitative estimate of drug-likeness (QED) is 0.789. The van der Waals surface area contributed by atoms with Gasteiger partial charge in [-0.3, -0.25) is 0 Å². The number of rotatable bonds is 4. The first kappa shape index (κ1) is 17.6. The Morgan fingerprint density at radius 1 is 0.875 bits per heavy atom. The van der Waals surface area contributed by atoms with Gasteiger partial charge in [0, 0.05) is 6.54 Å². The van der Waals surface area contributed by atoms with E-state index in [9.17, 15) is 9.59 Å². The second kappa shape index (κ2) is 8.19. The van der Waals surface area contributed by atoms with Gasteiger partial charge in [-0.25, -0.2) is 14.6 Å². The molecule has 2 amide bonds. The number of ether oxygens (including phenoxy) is 2. The molecule has 0 aliphatic heterocycles. The molecule has 6 nitrogen and oxygen atoms in total. The van der Waals surface area contributed by atoms with Crippen LogP contribution < -0.4 is 5.01 Å². The van der Waals surface area contributed by atoms with Gasteiger partial charge in [-0.15, -0.1) is 0 Å². The van der Waals surface area contributed by atoms with Crippen LogP contribution in [0, 0.1) is 0 Å². The van der Waals surface area contributed by atoms with Gasteiger partial charge < -0.3 is 9.47 Å². The first-order valence-electron chi connectivity index (χ1n) is 8.02. The van der Waals surface area contributed by atoms with Gasteiger partial charge in [0.05, 0.1) is 18.9 Å². The van der Waals surface area contributed by atoms with E-state index in [1.54, 1.807) is 26.8 Å². The second-order valence-electron chi connectivity index (χ2n) is 4.96. The summed E-state index contributed by atoms with van der Waals surface area (Å²) in [6, 6.07) is 13.3. The number of amides is 2. The summed E-state index contributed by atoms with van der Waals surface area (Å²) in [6.07, 6.45) is -1.22. The smallest absolute Gasteiger partial charge is 0.433 e. The zero-order chi connectivity index (χ0) is 17.5. The number of nitrogens with zero attached hydrogens (tertiary/aromatic N) is 2. The Kier molecular flexibility index (Phi) is 6.01. The summed E-state index contributed by atoms with van der Waals surface area (Å²) in [5, 5.41) is 4.45. The van der Waals surface area contributed by atoms with Crippen molar-refractivity contribution in [3.63, 3.8) is 0 Å². The van der Waals surface area contributed by atoms with Crippen molar-refractivity contribution in [3.8, 4) is 0 Å². The predicted molar refractivity (Wildman–Crippen MR) is 92.9 cm³/mol. The van der Waals surface area contributed by atoms with E-state index < -0.39 is 12.2 Å². The highest BCUT2D eigenvalue weighted by atomic mass is 16.6. The topological polar surface area (TPSA) is 59.1 Å². The van der Waals surface area contributed by atoms with Crippen molar-refractivity contribution >= 4 is 28.6 Å². The van der Waals surface area contributed by atoms with E-state index in [0.29, 0.717) is 5.69 Å². The Bertz CT molecular complexity index is 717. The molecule has 0 bridgehead atoms. The van der Waals surface area contributed by atoms with Gasteiger partial charge in [0.2, 0.25) is 0 Å². The van der Waals surface area contributed by atoms with E-state index in [1.165, 1.54) is 10.0 Å². The number of hydrogen-bond donors (Lipinski definition) is 0. The van der Waals surface area contributed by atoms with E-state index in [4.69, 9.17) is 9.47 Å². The largest absolute Gasteiger partial charge is 0.448 e. The number of hydrazine groups is 1. The average Bonchev–Trinajstić information content (AvgIpc) is 2.59. The van der Waals surface area contributed by atoms with Crippen LogP contribution in [-0.4, -0.2) is 37.0 Å². The zero-order valence-corrected chi connectivity index (χ0v) is 14.2. The van der Waals surface area contributed by atoms with Crippen LogP contribution in [0.5, 0.6) is 0 Å². The highest BCUT2D eigenvalue weighted by Gasteiger charge is 2.28. The summed E-state index contributed by atoms with van der Waals surface area (Å²) in [7, 11) is 0. The number of hydrogen-bond acceptors (Lipinski definition) is 4. The lowest BCUT2D eigenvalue weighted by Crippen LogP contribution is -2.50. The third-order valence-corrected chi connectivity index (χ3v) is 3.44. The number of carbonyl (C=O) groups is 2. The van der Waals surface area contributed by atoms with E-state index in [-0.39, 0.29) is 19.8 Å². The van der Waals surface area contributed by atoms with Crippen LogP contribution in [0.3, 0.4) is 0 Å². The molecule has 2 aromatic rings. The Hall–Kier alpha value is -2.76. The van der Waals surface area contributed by atoms with Crippen LogP contribution in [0.25, 0.3) is 10.8 Å². The van der Waals surface area contributed by atoms with Gasteiger partial charge in [-0.05, 0) is 43.7 Å². The predicted octanol–water partition coefficient (Wildman–Crippen LogP) is 4.20. The van der Waals surface area contributed by atoms with Crippen molar-refractivity contribution in [2.45, 2.75) is 20.8 Å². The van der Waals surface area contributed by atoms with Crippen molar-refractivity contribution < 1.29 is 19.1 Å². The van der Waals surface area contributed by atoms with E-state index in [1.807, 2.05) is 36.4 Å². The first-order chi connectivity index (χ1) is 11.6. The summed E-state index contributed by atoms with van der Waals surface area (Å²) in [5.41, 5.74) is 0.544. The molecule has 6 heteroatoms. The highest BCUT2D eigenvalue weighted by Crippen LogP contribution is 2.24.